The second kappa shape index (κ2) is 5.87. The van der Waals surface area contributed by atoms with Gasteiger partial charge in [0.05, 0.1) is 13.2 Å². The molecule has 0 radical (unpaired) electrons. The van der Waals surface area contributed by atoms with E-state index in [2.05, 4.69) is 19.2 Å². The summed E-state index contributed by atoms with van der Waals surface area (Å²) >= 11 is 0. The minimum Gasteiger partial charge on any atom is -0.379 e. The zero-order valence-electron chi connectivity index (χ0n) is 12.0. The van der Waals surface area contributed by atoms with Crippen molar-refractivity contribution in [1.29, 1.82) is 0 Å². The summed E-state index contributed by atoms with van der Waals surface area (Å²) in [5.41, 5.74) is -1.05. The highest BCUT2D eigenvalue weighted by Gasteiger charge is 2.40. The number of rotatable bonds is 3. The Morgan fingerprint density at radius 3 is 2.67 bits per heavy atom. The Morgan fingerprint density at radius 2 is 2.06 bits per heavy atom. The highest BCUT2D eigenvalue weighted by molar-refractivity contribution is 4.91. The van der Waals surface area contributed by atoms with Crippen molar-refractivity contribution >= 4 is 0 Å². The van der Waals surface area contributed by atoms with Crippen molar-refractivity contribution in [2.24, 2.45) is 17.8 Å². The zero-order chi connectivity index (χ0) is 13.2. The molecule has 5 unspecified atom stereocenters. The van der Waals surface area contributed by atoms with Gasteiger partial charge >= 0.3 is 0 Å². The van der Waals surface area contributed by atoms with Crippen LogP contribution in [0.5, 0.6) is 0 Å². The van der Waals surface area contributed by atoms with Gasteiger partial charge in [-0.25, -0.2) is 4.39 Å². The third-order valence-electron chi connectivity index (χ3n) is 5.09. The summed E-state index contributed by atoms with van der Waals surface area (Å²) in [5.74, 6) is 1.65. The van der Waals surface area contributed by atoms with Crippen LogP contribution in [0, 0.1) is 17.8 Å². The van der Waals surface area contributed by atoms with Crippen LogP contribution in [0.1, 0.15) is 46.5 Å². The standard InChI is InChI=1S/C15H28FNO/c1-11-4-5-13(8-12(11)2)15(3,16)9-14-10-18-7-6-17-14/h11-14,17H,4-10H2,1-3H3. The third kappa shape index (κ3) is 3.45. The molecule has 2 nitrogen and oxygen atoms in total. The van der Waals surface area contributed by atoms with Gasteiger partial charge in [-0.15, -0.1) is 0 Å². The summed E-state index contributed by atoms with van der Waals surface area (Å²) < 4.78 is 20.4. The van der Waals surface area contributed by atoms with Crippen LogP contribution in [0.4, 0.5) is 4.39 Å². The van der Waals surface area contributed by atoms with Crippen LogP contribution in [-0.2, 0) is 4.74 Å². The SMILES string of the molecule is CC1CCC(C(C)(F)CC2COCCN2)CC1C. The summed E-state index contributed by atoms with van der Waals surface area (Å²) in [4.78, 5) is 0. The molecule has 18 heavy (non-hydrogen) atoms. The van der Waals surface area contributed by atoms with Gasteiger partial charge in [0.2, 0.25) is 0 Å². The van der Waals surface area contributed by atoms with Gasteiger partial charge in [0.1, 0.15) is 5.67 Å². The molecule has 2 aliphatic rings. The summed E-state index contributed by atoms with van der Waals surface area (Å²) in [6.07, 6.45) is 3.87. The minimum absolute atomic E-state index is 0.198. The minimum atomic E-state index is -1.05. The normalized spacial score (nSPS) is 41.3. The Balaban J connectivity index is 1.88. The maximum Gasteiger partial charge on any atom is 0.112 e. The van der Waals surface area contributed by atoms with Crippen LogP contribution >= 0.6 is 0 Å². The average Bonchev–Trinajstić information content (AvgIpc) is 2.33. The average molecular weight is 257 g/mol. The number of halogens is 1. The molecule has 5 atom stereocenters. The van der Waals surface area contributed by atoms with E-state index >= 15 is 0 Å². The summed E-state index contributed by atoms with van der Waals surface area (Å²) in [5, 5.41) is 3.37. The first kappa shape index (κ1) is 14.3. The summed E-state index contributed by atoms with van der Waals surface area (Å²) in [6.45, 7) is 8.66. The molecule has 1 saturated heterocycles. The van der Waals surface area contributed by atoms with Gasteiger partial charge in [0.25, 0.3) is 0 Å². The molecule has 1 saturated carbocycles. The fraction of sp³-hybridized carbons (Fsp3) is 1.00. The van der Waals surface area contributed by atoms with E-state index in [1.54, 1.807) is 6.92 Å². The van der Waals surface area contributed by atoms with Crippen molar-refractivity contribution in [3.8, 4) is 0 Å². The van der Waals surface area contributed by atoms with Crippen LogP contribution in [0.3, 0.4) is 0 Å². The number of hydrogen-bond acceptors (Lipinski definition) is 2. The monoisotopic (exact) mass is 257 g/mol. The zero-order valence-corrected chi connectivity index (χ0v) is 12.0. The molecule has 2 fully saturated rings. The van der Waals surface area contributed by atoms with Crippen molar-refractivity contribution in [2.75, 3.05) is 19.8 Å². The van der Waals surface area contributed by atoms with Crippen molar-refractivity contribution in [1.82, 2.24) is 5.32 Å². The first-order valence-electron chi connectivity index (χ1n) is 7.49. The molecule has 0 aromatic heterocycles. The molecule has 1 heterocycles. The van der Waals surface area contributed by atoms with Crippen LogP contribution < -0.4 is 5.32 Å². The molecule has 3 heteroatoms. The third-order valence-corrected chi connectivity index (χ3v) is 5.09. The van der Waals surface area contributed by atoms with Gasteiger partial charge < -0.3 is 10.1 Å². The van der Waals surface area contributed by atoms with E-state index in [9.17, 15) is 4.39 Å². The number of hydrogen-bond donors (Lipinski definition) is 1. The smallest absolute Gasteiger partial charge is 0.112 e. The van der Waals surface area contributed by atoms with Crippen molar-refractivity contribution < 1.29 is 9.13 Å². The van der Waals surface area contributed by atoms with Crippen LogP contribution in [0.2, 0.25) is 0 Å². The lowest BCUT2D eigenvalue weighted by molar-refractivity contribution is 0.00274. The van der Waals surface area contributed by atoms with Gasteiger partial charge in [0, 0.05) is 12.6 Å². The van der Waals surface area contributed by atoms with Gasteiger partial charge in [-0.2, -0.15) is 0 Å². The molecule has 1 N–H and O–H groups in total. The lowest BCUT2D eigenvalue weighted by atomic mass is 9.69. The molecule has 1 aliphatic heterocycles. The van der Waals surface area contributed by atoms with E-state index in [0.29, 0.717) is 18.9 Å². The first-order valence-corrected chi connectivity index (χ1v) is 7.49. The Morgan fingerprint density at radius 1 is 1.28 bits per heavy atom. The highest BCUT2D eigenvalue weighted by Crippen LogP contribution is 2.42. The van der Waals surface area contributed by atoms with Gasteiger partial charge in [0.15, 0.2) is 0 Å². The molecule has 0 aromatic rings. The molecule has 0 aromatic carbocycles. The molecule has 0 amide bonds. The van der Waals surface area contributed by atoms with Crippen LogP contribution in [0.15, 0.2) is 0 Å². The van der Waals surface area contributed by atoms with Crippen LogP contribution in [-0.4, -0.2) is 31.5 Å². The van der Waals surface area contributed by atoms with E-state index in [4.69, 9.17) is 4.74 Å². The van der Waals surface area contributed by atoms with Gasteiger partial charge in [-0.05, 0) is 43.9 Å². The van der Waals surface area contributed by atoms with Crippen molar-refractivity contribution in [3.05, 3.63) is 0 Å². The predicted molar refractivity (Wildman–Crippen MR) is 72.4 cm³/mol. The molecule has 2 rings (SSSR count). The van der Waals surface area contributed by atoms with Crippen LogP contribution in [0.25, 0.3) is 0 Å². The van der Waals surface area contributed by atoms with Gasteiger partial charge in [-0.1, -0.05) is 20.3 Å². The maximum absolute atomic E-state index is 15.0. The highest BCUT2D eigenvalue weighted by atomic mass is 19.1. The molecule has 1 aliphatic carbocycles. The molecule has 106 valence electrons. The second-order valence-electron chi connectivity index (χ2n) is 6.67. The predicted octanol–water partition coefficient (Wildman–Crippen LogP) is 3.17. The van der Waals surface area contributed by atoms with Gasteiger partial charge in [-0.3, -0.25) is 0 Å². The largest absolute Gasteiger partial charge is 0.379 e. The van der Waals surface area contributed by atoms with Crippen molar-refractivity contribution in [2.45, 2.75) is 58.2 Å². The lowest BCUT2D eigenvalue weighted by Crippen LogP contribution is -2.47. The number of ether oxygens (including phenoxy) is 1. The number of nitrogens with one attached hydrogen (secondary N) is 1. The Labute approximate surface area is 111 Å². The quantitative estimate of drug-likeness (QED) is 0.838. The van der Waals surface area contributed by atoms with E-state index < -0.39 is 5.67 Å². The van der Waals surface area contributed by atoms with E-state index in [0.717, 1.165) is 31.9 Å². The Hall–Kier alpha value is -0.150. The fourth-order valence-corrected chi connectivity index (χ4v) is 3.49. The fourth-order valence-electron chi connectivity index (χ4n) is 3.49. The number of morpholine rings is 1. The molecular weight excluding hydrogens is 229 g/mol. The summed E-state index contributed by atoms with van der Waals surface area (Å²) in [6, 6.07) is 0.198. The maximum atomic E-state index is 15.0. The van der Waals surface area contributed by atoms with Crippen molar-refractivity contribution in [3.63, 3.8) is 0 Å². The lowest BCUT2D eigenvalue weighted by Gasteiger charge is -2.40. The topological polar surface area (TPSA) is 21.3 Å². The summed E-state index contributed by atoms with van der Waals surface area (Å²) in [7, 11) is 0. The molecular formula is C15H28FNO. The first-order chi connectivity index (χ1) is 8.49. The Bertz CT molecular complexity index is 263. The molecule has 0 bridgehead atoms. The Kier molecular flexibility index (Phi) is 4.65. The number of alkyl halides is 1. The second-order valence-corrected chi connectivity index (χ2v) is 6.67. The van der Waals surface area contributed by atoms with E-state index in [-0.39, 0.29) is 12.0 Å². The van der Waals surface area contributed by atoms with E-state index in [1.807, 2.05) is 0 Å². The van der Waals surface area contributed by atoms with E-state index in [1.165, 1.54) is 6.42 Å². The molecule has 0 spiro atoms.